The van der Waals surface area contributed by atoms with Crippen LogP contribution in [0.2, 0.25) is 0 Å². The van der Waals surface area contributed by atoms with Crippen LogP contribution in [0.5, 0.6) is 5.75 Å². The zero-order chi connectivity index (χ0) is 13.8. The lowest BCUT2D eigenvalue weighted by molar-refractivity contribution is 0.0957. The van der Waals surface area contributed by atoms with E-state index in [4.69, 9.17) is 4.74 Å². The molecule has 18 heavy (non-hydrogen) atoms. The molecule has 0 radical (unpaired) electrons. The van der Waals surface area contributed by atoms with E-state index in [0.29, 0.717) is 0 Å². The Kier molecular flexibility index (Phi) is 5.59. The summed E-state index contributed by atoms with van der Waals surface area (Å²) in [4.78, 5) is 0. The SMILES string of the molecule is COc1ccc(C(C)NC(C)(CO)CO)cc1Br. The van der Waals surface area contributed by atoms with Gasteiger partial charge in [0.2, 0.25) is 0 Å². The molecule has 5 heteroatoms. The van der Waals surface area contributed by atoms with Crippen LogP contribution >= 0.6 is 15.9 Å². The van der Waals surface area contributed by atoms with E-state index in [1.807, 2.05) is 25.1 Å². The molecule has 0 aromatic heterocycles. The summed E-state index contributed by atoms with van der Waals surface area (Å²) in [5.41, 5.74) is 0.363. The van der Waals surface area contributed by atoms with Gasteiger partial charge in [-0.3, -0.25) is 0 Å². The number of benzene rings is 1. The molecule has 0 saturated carbocycles. The van der Waals surface area contributed by atoms with Crippen molar-refractivity contribution in [2.24, 2.45) is 0 Å². The molecule has 1 aromatic rings. The second-order valence-corrected chi connectivity index (χ2v) is 5.49. The standard InChI is InChI=1S/C13H20BrNO3/c1-9(15-13(2,7-16)8-17)10-4-5-12(18-3)11(14)6-10/h4-6,9,15-17H,7-8H2,1-3H3. The summed E-state index contributed by atoms with van der Waals surface area (Å²) in [7, 11) is 1.62. The number of halogens is 1. The van der Waals surface area contributed by atoms with Gasteiger partial charge in [0.25, 0.3) is 0 Å². The number of aliphatic hydroxyl groups is 2. The predicted molar refractivity (Wildman–Crippen MR) is 74.8 cm³/mol. The number of aliphatic hydroxyl groups excluding tert-OH is 2. The van der Waals surface area contributed by atoms with E-state index >= 15 is 0 Å². The highest BCUT2D eigenvalue weighted by molar-refractivity contribution is 9.10. The van der Waals surface area contributed by atoms with Gasteiger partial charge in [-0.25, -0.2) is 0 Å². The Morgan fingerprint density at radius 3 is 2.44 bits per heavy atom. The fourth-order valence-corrected chi connectivity index (χ4v) is 2.26. The van der Waals surface area contributed by atoms with Gasteiger partial charge in [0, 0.05) is 6.04 Å². The van der Waals surface area contributed by atoms with Gasteiger partial charge in [0.05, 0.1) is 30.3 Å². The van der Waals surface area contributed by atoms with Crippen molar-refractivity contribution in [3.8, 4) is 5.75 Å². The molecule has 4 nitrogen and oxygen atoms in total. The van der Waals surface area contributed by atoms with E-state index in [1.54, 1.807) is 14.0 Å². The number of nitrogens with one attached hydrogen (secondary N) is 1. The number of methoxy groups -OCH3 is 1. The van der Waals surface area contributed by atoms with Crippen molar-refractivity contribution in [1.29, 1.82) is 0 Å². The van der Waals surface area contributed by atoms with E-state index in [-0.39, 0.29) is 19.3 Å². The Bertz CT molecular complexity index is 394. The van der Waals surface area contributed by atoms with Crippen LogP contribution in [0.25, 0.3) is 0 Å². The first kappa shape index (κ1) is 15.4. The fraction of sp³-hybridized carbons (Fsp3) is 0.538. The van der Waals surface area contributed by atoms with Crippen molar-refractivity contribution < 1.29 is 14.9 Å². The van der Waals surface area contributed by atoms with E-state index in [9.17, 15) is 10.2 Å². The van der Waals surface area contributed by atoms with Crippen molar-refractivity contribution >= 4 is 15.9 Å². The van der Waals surface area contributed by atoms with E-state index in [0.717, 1.165) is 15.8 Å². The van der Waals surface area contributed by atoms with E-state index in [2.05, 4.69) is 21.2 Å². The third-order valence-corrected chi connectivity index (χ3v) is 3.56. The summed E-state index contributed by atoms with van der Waals surface area (Å²) < 4.78 is 6.06. The molecule has 0 spiro atoms. The molecule has 1 atom stereocenters. The lowest BCUT2D eigenvalue weighted by atomic mass is 10.0. The van der Waals surface area contributed by atoms with Crippen LogP contribution in [0, 0.1) is 0 Å². The molecule has 0 aliphatic rings. The predicted octanol–water partition coefficient (Wildman–Crippen LogP) is 1.85. The number of hydrogen-bond donors (Lipinski definition) is 3. The molecular weight excluding hydrogens is 298 g/mol. The third kappa shape index (κ3) is 3.68. The van der Waals surface area contributed by atoms with Crippen LogP contribution in [-0.4, -0.2) is 36.1 Å². The molecule has 0 aliphatic heterocycles. The second-order valence-electron chi connectivity index (χ2n) is 4.64. The summed E-state index contributed by atoms with van der Waals surface area (Å²) in [6, 6.07) is 5.81. The molecule has 3 N–H and O–H groups in total. The Morgan fingerprint density at radius 2 is 2.00 bits per heavy atom. The Labute approximate surface area is 116 Å². The van der Waals surface area contributed by atoms with Gasteiger partial charge < -0.3 is 20.3 Å². The minimum atomic E-state index is -0.689. The summed E-state index contributed by atoms with van der Waals surface area (Å²) >= 11 is 3.44. The van der Waals surface area contributed by atoms with Crippen molar-refractivity contribution in [3.63, 3.8) is 0 Å². The summed E-state index contributed by atoms with van der Waals surface area (Å²) in [6.45, 7) is 3.52. The van der Waals surface area contributed by atoms with Gasteiger partial charge in [-0.15, -0.1) is 0 Å². The van der Waals surface area contributed by atoms with Crippen molar-refractivity contribution in [2.75, 3.05) is 20.3 Å². The quantitative estimate of drug-likeness (QED) is 0.749. The topological polar surface area (TPSA) is 61.7 Å². The van der Waals surface area contributed by atoms with Gasteiger partial charge in [-0.2, -0.15) is 0 Å². The monoisotopic (exact) mass is 317 g/mol. The average Bonchev–Trinajstić information content (AvgIpc) is 2.38. The Morgan fingerprint density at radius 1 is 1.39 bits per heavy atom. The van der Waals surface area contributed by atoms with Crippen LogP contribution in [-0.2, 0) is 0 Å². The molecular formula is C13H20BrNO3. The van der Waals surface area contributed by atoms with Crippen LogP contribution in [0.15, 0.2) is 22.7 Å². The molecule has 102 valence electrons. The molecule has 0 bridgehead atoms. The van der Waals surface area contributed by atoms with Crippen molar-refractivity contribution in [2.45, 2.75) is 25.4 Å². The lowest BCUT2D eigenvalue weighted by Crippen LogP contribution is -2.49. The summed E-state index contributed by atoms with van der Waals surface area (Å²) in [6.07, 6.45) is 0. The Balaban J connectivity index is 2.84. The lowest BCUT2D eigenvalue weighted by Gasteiger charge is -2.30. The fourth-order valence-electron chi connectivity index (χ4n) is 1.70. The molecule has 1 unspecified atom stereocenters. The highest BCUT2D eigenvalue weighted by Crippen LogP contribution is 2.28. The first-order valence-corrected chi connectivity index (χ1v) is 6.58. The van der Waals surface area contributed by atoms with Gasteiger partial charge in [0.15, 0.2) is 0 Å². The molecule has 0 aliphatic carbocycles. The highest BCUT2D eigenvalue weighted by Gasteiger charge is 2.24. The number of ether oxygens (including phenoxy) is 1. The van der Waals surface area contributed by atoms with E-state index < -0.39 is 5.54 Å². The van der Waals surface area contributed by atoms with Crippen LogP contribution in [0.4, 0.5) is 0 Å². The maximum absolute atomic E-state index is 9.27. The molecule has 1 rings (SSSR count). The summed E-state index contributed by atoms with van der Waals surface area (Å²) in [5.74, 6) is 0.776. The Hall–Kier alpha value is -0.620. The van der Waals surface area contributed by atoms with Crippen LogP contribution in [0.1, 0.15) is 25.5 Å². The van der Waals surface area contributed by atoms with E-state index in [1.165, 1.54) is 0 Å². The smallest absolute Gasteiger partial charge is 0.133 e. The van der Waals surface area contributed by atoms with Gasteiger partial charge >= 0.3 is 0 Å². The largest absolute Gasteiger partial charge is 0.496 e. The normalized spacial score (nSPS) is 13.4. The zero-order valence-electron chi connectivity index (χ0n) is 10.9. The molecule has 0 amide bonds. The maximum Gasteiger partial charge on any atom is 0.133 e. The highest BCUT2D eigenvalue weighted by atomic mass is 79.9. The first-order chi connectivity index (χ1) is 8.45. The van der Waals surface area contributed by atoms with Crippen molar-refractivity contribution in [3.05, 3.63) is 28.2 Å². The number of hydrogen-bond acceptors (Lipinski definition) is 4. The minimum Gasteiger partial charge on any atom is -0.496 e. The number of rotatable bonds is 6. The van der Waals surface area contributed by atoms with Gasteiger partial charge in [-0.05, 0) is 47.5 Å². The molecule has 0 saturated heterocycles. The molecule has 0 heterocycles. The summed E-state index contributed by atoms with van der Waals surface area (Å²) in [5, 5.41) is 21.7. The van der Waals surface area contributed by atoms with Crippen LogP contribution in [0.3, 0.4) is 0 Å². The zero-order valence-corrected chi connectivity index (χ0v) is 12.5. The third-order valence-electron chi connectivity index (χ3n) is 2.94. The maximum atomic E-state index is 9.27. The van der Waals surface area contributed by atoms with Crippen LogP contribution < -0.4 is 10.1 Å². The molecule has 0 fully saturated rings. The van der Waals surface area contributed by atoms with Gasteiger partial charge in [0.1, 0.15) is 5.75 Å². The average molecular weight is 318 g/mol. The molecule has 1 aromatic carbocycles. The second kappa shape index (κ2) is 6.52. The first-order valence-electron chi connectivity index (χ1n) is 5.78. The minimum absolute atomic E-state index is 0.0107. The van der Waals surface area contributed by atoms with Crippen molar-refractivity contribution in [1.82, 2.24) is 5.32 Å². The van der Waals surface area contributed by atoms with Gasteiger partial charge in [-0.1, -0.05) is 6.07 Å².